The van der Waals surface area contributed by atoms with Gasteiger partial charge in [0.15, 0.2) is 0 Å². The molecular formula is C38H59ClN6O7S. The Morgan fingerprint density at radius 2 is 1.66 bits per heavy atom. The van der Waals surface area contributed by atoms with Crippen molar-refractivity contribution in [2.24, 2.45) is 28.1 Å². The highest BCUT2D eigenvalue weighted by atomic mass is 35.5. The van der Waals surface area contributed by atoms with Crippen molar-refractivity contribution in [3.05, 3.63) is 41.9 Å². The molecule has 296 valence electrons. The number of carbonyl (C=O) groups is 5. The van der Waals surface area contributed by atoms with Crippen molar-refractivity contribution in [2.45, 2.75) is 111 Å². The molecule has 0 aromatic heterocycles. The summed E-state index contributed by atoms with van der Waals surface area (Å²) in [6, 6.07) is 1.69. The van der Waals surface area contributed by atoms with Crippen LogP contribution in [0.3, 0.4) is 0 Å². The molecule has 2 fully saturated rings. The number of nitrogens with one attached hydrogen (secondary N) is 4. The molecule has 1 aliphatic heterocycles. The number of unbranched alkanes of at least 4 members (excludes halogenated alkanes) is 1. The van der Waals surface area contributed by atoms with Crippen LogP contribution < -0.4 is 21.3 Å². The van der Waals surface area contributed by atoms with E-state index in [2.05, 4.69) is 27.8 Å². The summed E-state index contributed by atoms with van der Waals surface area (Å²) in [5.74, 6) is -2.71. The first-order valence-electron chi connectivity index (χ1n) is 18.2. The number of amides is 5. The standard InChI is InChI=1S/C38H59ClN6O7S/c1-12-14-18-25(30(46)33(48)40-20-13-2)41-32(47)29-28-23(38(28,9)10)21-45(29)34(49)31(37(6,7)8)43-35(50)42-27(36(3,4)5)22-44(11)53(51,52)26-19-16-15-17-24(26)39/h13,15-17,19,23,25,27-29,31H,2,12,14,18,20-22H2,1,3-11H3,(H,40,48)(H,41,47)(H2,42,43,50)/t23-,25?,27+,28-,29-,31+/m0/s1. The van der Waals surface area contributed by atoms with Crippen LogP contribution in [-0.4, -0.2) is 98.0 Å². The third-order valence-corrected chi connectivity index (χ3v) is 12.9. The highest BCUT2D eigenvalue weighted by molar-refractivity contribution is 7.89. The largest absolute Gasteiger partial charge is 0.346 e. The number of carbonyl (C=O) groups excluding carboxylic acids is 5. The lowest BCUT2D eigenvalue weighted by Crippen LogP contribution is -2.62. The van der Waals surface area contributed by atoms with Gasteiger partial charge in [-0.2, -0.15) is 4.31 Å². The van der Waals surface area contributed by atoms with Gasteiger partial charge >= 0.3 is 6.03 Å². The number of nitrogens with zero attached hydrogens (tertiary/aromatic N) is 2. The number of Topliss-reactive ketones (excluding diaryl/α,β-unsaturated/α-hetero) is 1. The lowest BCUT2D eigenvalue weighted by Gasteiger charge is -2.39. The summed E-state index contributed by atoms with van der Waals surface area (Å²) in [4.78, 5) is 69.5. The van der Waals surface area contributed by atoms with Gasteiger partial charge in [0.05, 0.1) is 11.1 Å². The van der Waals surface area contributed by atoms with Crippen LogP contribution in [0.25, 0.3) is 0 Å². The lowest BCUT2D eigenvalue weighted by molar-refractivity contribution is -0.145. The van der Waals surface area contributed by atoms with E-state index in [1.54, 1.807) is 32.9 Å². The second-order valence-electron chi connectivity index (χ2n) is 17.0. The van der Waals surface area contributed by atoms with Gasteiger partial charge in [-0.1, -0.05) is 105 Å². The number of halogens is 1. The molecule has 5 amide bonds. The number of hydrogen-bond donors (Lipinski definition) is 4. The van der Waals surface area contributed by atoms with Crippen molar-refractivity contribution in [1.82, 2.24) is 30.5 Å². The zero-order valence-corrected chi connectivity index (χ0v) is 34.4. The maximum absolute atomic E-state index is 14.5. The van der Waals surface area contributed by atoms with E-state index < -0.39 is 74.6 Å². The molecule has 0 radical (unpaired) electrons. The van der Waals surface area contributed by atoms with Gasteiger partial charge in [0.25, 0.3) is 5.91 Å². The normalized spacial score (nSPS) is 21.1. The Morgan fingerprint density at radius 1 is 1.04 bits per heavy atom. The first-order valence-corrected chi connectivity index (χ1v) is 20.0. The van der Waals surface area contributed by atoms with Crippen molar-refractivity contribution in [3.63, 3.8) is 0 Å². The van der Waals surface area contributed by atoms with Gasteiger partial charge in [0.2, 0.25) is 27.6 Å². The third-order valence-electron chi connectivity index (χ3n) is 10.6. The molecular weight excluding hydrogens is 720 g/mol. The van der Waals surface area contributed by atoms with E-state index in [1.165, 1.54) is 30.2 Å². The molecule has 6 atom stereocenters. The van der Waals surface area contributed by atoms with E-state index in [4.69, 9.17) is 11.6 Å². The molecule has 13 nitrogen and oxygen atoms in total. The fourth-order valence-electron chi connectivity index (χ4n) is 7.02. The smallest absolute Gasteiger partial charge is 0.315 e. The van der Waals surface area contributed by atoms with Gasteiger partial charge in [-0.25, -0.2) is 13.2 Å². The number of piperidine rings is 1. The molecule has 1 saturated heterocycles. The van der Waals surface area contributed by atoms with Crippen LogP contribution in [-0.2, 0) is 29.2 Å². The second-order valence-corrected chi connectivity index (χ2v) is 19.4. The molecule has 1 aliphatic carbocycles. The van der Waals surface area contributed by atoms with Gasteiger partial charge in [-0.05, 0) is 46.6 Å². The lowest BCUT2D eigenvalue weighted by atomic mass is 9.85. The van der Waals surface area contributed by atoms with Gasteiger partial charge < -0.3 is 26.2 Å². The molecule has 0 bridgehead atoms. The van der Waals surface area contributed by atoms with Crippen LogP contribution in [0.1, 0.15) is 81.6 Å². The average Bonchev–Trinajstić information content (AvgIpc) is 3.36. The van der Waals surface area contributed by atoms with Crippen LogP contribution in [0, 0.1) is 28.1 Å². The maximum atomic E-state index is 14.5. The molecule has 2 aliphatic rings. The maximum Gasteiger partial charge on any atom is 0.315 e. The summed E-state index contributed by atoms with van der Waals surface area (Å²) in [5, 5.41) is 11.1. The van der Waals surface area contributed by atoms with E-state index >= 15 is 0 Å². The molecule has 4 N–H and O–H groups in total. The number of benzene rings is 1. The molecule has 1 heterocycles. The van der Waals surface area contributed by atoms with E-state index in [1.807, 2.05) is 41.5 Å². The monoisotopic (exact) mass is 778 g/mol. The van der Waals surface area contributed by atoms with E-state index in [9.17, 15) is 32.4 Å². The topological polar surface area (TPSA) is 174 Å². The number of likely N-dealkylation sites (tertiary alicyclic amines) is 1. The molecule has 1 aromatic carbocycles. The fourth-order valence-corrected chi connectivity index (χ4v) is 8.69. The van der Waals surface area contributed by atoms with Gasteiger partial charge in [-0.3, -0.25) is 19.2 Å². The van der Waals surface area contributed by atoms with Gasteiger partial charge in [0, 0.05) is 32.7 Å². The SMILES string of the molecule is C=CCNC(=O)C(=O)C(CCCC)NC(=O)[C@@H]1[C@@H]2[C@H](CN1C(=O)[C@@H](NC(=O)N[C@H](CN(C)S(=O)(=O)c1ccccc1Cl)C(C)(C)C)C(C)(C)C)C2(C)C. The number of ketones is 1. The highest BCUT2D eigenvalue weighted by Crippen LogP contribution is 2.65. The fraction of sp³-hybridized carbons (Fsp3) is 0.658. The first kappa shape index (κ1) is 43.9. The van der Waals surface area contributed by atoms with Crippen molar-refractivity contribution in [3.8, 4) is 0 Å². The van der Waals surface area contributed by atoms with Crippen LogP contribution in [0.15, 0.2) is 41.8 Å². The van der Waals surface area contributed by atoms with Crippen molar-refractivity contribution in [2.75, 3.05) is 26.7 Å². The average molecular weight is 779 g/mol. The van der Waals surface area contributed by atoms with E-state index in [-0.39, 0.29) is 53.2 Å². The Labute approximate surface area is 320 Å². The summed E-state index contributed by atoms with van der Waals surface area (Å²) >= 11 is 6.21. The predicted molar refractivity (Wildman–Crippen MR) is 205 cm³/mol. The predicted octanol–water partition coefficient (Wildman–Crippen LogP) is 4.12. The Balaban J connectivity index is 1.85. The summed E-state index contributed by atoms with van der Waals surface area (Å²) in [6.45, 7) is 20.9. The second kappa shape index (κ2) is 16.9. The van der Waals surface area contributed by atoms with Gasteiger partial charge in [-0.15, -0.1) is 6.58 Å². The Bertz CT molecular complexity index is 1670. The summed E-state index contributed by atoms with van der Waals surface area (Å²) in [5.41, 5.74) is -1.65. The van der Waals surface area contributed by atoms with E-state index in [0.717, 1.165) is 10.7 Å². The zero-order valence-electron chi connectivity index (χ0n) is 32.8. The number of urea groups is 1. The molecule has 3 rings (SSSR count). The van der Waals surface area contributed by atoms with E-state index in [0.29, 0.717) is 6.42 Å². The summed E-state index contributed by atoms with van der Waals surface area (Å²) in [6.07, 6.45) is 3.05. The van der Waals surface area contributed by atoms with Crippen molar-refractivity contribution < 1.29 is 32.4 Å². The zero-order chi connectivity index (χ0) is 40.3. The summed E-state index contributed by atoms with van der Waals surface area (Å²) < 4.78 is 28.0. The first-order chi connectivity index (χ1) is 24.4. The number of hydrogen-bond acceptors (Lipinski definition) is 7. The number of rotatable bonds is 16. The van der Waals surface area contributed by atoms with Crippen LogP contribution in [0.5, 0.6) is 0 Å². The molecule has 53 heavy (non-hydrogen) atoms. The quantitative estimate of drug-likeness (QED) is 0.144. The number of sulfonamides is 1. The number of likely N-dealkylation sites (N-methyl/N-ethyl adjacent to an activating group) is 1. The summed E-state index contributed by atoms with van der Waals surface area (Å²) in [7, 11) is -2.59. The van der Waals surface area contributed by atoms with Gasteiger partial charge in [0.1, 0.15) is 17.0 Å². The molecule has 1 saturated carbocycles. The number of fused-ring (bicyclic) bond motifs is 1. The Hall–Kier alpha value is -3.49. The Kier molecular flexibility index (Phi) is 14.0. The molecule has 1 unspecified atom stereocenters. The minimum atomic E-state index is -4.00. The van der Waals surface area contributed by atoms with Crippen LogP contribution in [0.4, 0.5) is 4.79 Å². The van der Waals surface area contributed by atoms with Crippen LogP contribution in [0.2, 0.25) is 5.02 Å². The van der Waals surface area contributed by atoms with Crippen molar-refractivity contribution in [1.29, 1.82) is 0 Å². The molecule has 1 aromatic rings. The molecule has 0 spiro atoms. The molecule has 15 heteroatoms. The third kappa shape index (κ3) is 10.2. The minimum Gasteiger partial charge on any atom is -0.346 e. The van der Waals surface area contributed by atoms with Crippen molar-refractivity contribution >= 4 is 51.2 Å². The minimum absolute atomic E-state index is 0.0261. The Morgan fingerprint density at radius 3 is 2.21 bits per heavy atom. The van der Waals surface area contributed by atoms with Crippen LogP contribution >= 0.6 is 11.6 Å². The highest BCUT2D eigenvalue weighted by Gasteiger charge is 2.70.